The first-order valence-electron chi connectivity index (χ1n) is 2.32. The van der Waals surface area contributed by atoms with Crippen molar-refractivity contribution >= 4 is 21.9 Å². The van der Waals surface area contributed by atoms with E-state index in [1.54, 1.807) is 6.92 Å². The van der Waals surface area contributed by atoms with Gasteiger partial charge in [0.15, 0.2) is 0 Å². The second-order valence-corrected chi connectivity index (χ2v) is 2.32. The Morgan fingerprint density at radius 1 is 2.00 bits per heavy atom. The Bertz CT molecular complexity index is 80.5. The van der Waals surface area contributed by atoms with Crippen molar-refractivity contribution in [3.8, 4) is 0 Å². The van der Waals surface area contributed by atoms with Crippen molar-refractivity contribution in [2.45, 2.75) is 11.8 Å². The van der Waals surface area contributed by atoms with E-state index < -0.39 is 4.83 Å². The predicted octanol–water partition coefficient (Wildman–Crippen LogP) is 1.15. The van der Waals surface area contributed by atoms with Gasteiger partial charge in [-0.3, -0.25) is 4.79 Å². The zero-order valence-corrected chi connectivity index (χ0v) is 6.27. The number of hydrogen-bond donors (Lipinski definition) is 0. The van der Waals surface area contributed by atoms with Crippen molar-refractivity contribution in [3.05, 3.63) is 6.92 Å². The highest BCUT2D eigenvalue weighted by atomic mass is 79.9. The molecule has 0 aliphatic carbocycles. The van der Waals surface area contributed by atoms with Gasteiger partial charge < -0.3 is 4.74 Å². The number of carbonyl (C=O) groups is 1. The monoisotopic (exact) mass is 179 g/mol. The maximum Gasteiger partial charge on any atom is 0.319 e. The number of rotatable bonds is 2. The van der Waals surface area contributed by atoms with Crippen LogP contribution in [0.5, 0.6) is 0 Å². The van der Waals surface area contributed by atoms with E-state index in [0.29, 0.717) is 6.61 Å². The van der Waals surface area contributed by atoms with E-state index in [1.165, 1.54) is 0 Å². The zero-order valence-electron chi connectivity index (χ0n) is 4.69. The van der Waals surface area contributed by atoms with Crippen LogP contribution in [0.1, 0.15) is 6.92 Å². The minimum Gasteiger partial charge on any atom is -0.465 e. The molecule has 0 bridgehead atoms. The molecule has 0 fully saturated rings. The summed E-state index contributed by atoms with van der Waals surface area (Å²) in [5.74, 6) is -0.312. The summed E-state index contributed by atoms with van der Waals surface area (Å²) in [6.07, 6.45) is 0. The van der Waals surface area contributed by atoms with E-state index in [1.807, 2.05) is 0 Å². The second kappa shape index (κ2) is 3.89. The third-order valence-electron chi connectivity index (χ3n) is 0.542. The fraction of sp³-hybridized carbons (Fsp3) is 0.600. The summed E-state index contributed by atoms with van der Waals surface area (Å²) in [5.41, 5.74) is 0. The standard InChI is InChI=1S/C5H8BrO2/c1-3-8-5(7)4(2)6/h4H,2-3H2,1H3. The maximum atomic E-state index is 10.4. The van der Waals surface area contributed by atoms with Gasteiger partial charge in [0.25, 0.3) is 0 Å². The Labute approximate surface area is 57.3 Å². The molecule has 3 heteroatoms. The fourth-order valence-electron chi connectivity index (χ4n) is 0.233. The van der Waals surface area contributed by atoms with Gasteiger partial charge in [0.1, 0.15) is 4.83 Å². The average Bonchev–Trinajstić information content (AvgIpc) is 1.67. The van der Waals surface area contributed by atoms with Gasteiger partial charge >= 0.3 is 5.97 Å². The molecule has 0 N–H and O–H groups in total. The van der Waals surface area contributed by atoms with Crippen molar-refractivity contribution in [3.63, 3.8) is 0 Å². The van der Waals surface area contributed by atoms with Crippen LogP contribution in [0, 0.1) is 6.92 Å². The van der Waals surface area contributed by atoms with Crippen LogP contribution in [-0.4, -0.2) is 17.4 Å². The Kier molecular flexibility index (Phi) is 3.87. The molecule has 0 heterocycles. The van der Waals surface area contributed by atoms with Gasteiger partial charge in [0, 0.05) is 0 Å². The molecule has 0 aliphatic rings. The molecule has 1 atom stereocenters. The smallest absolute Gasteiger partial charge is 0.319 e. The van der Waals surface area contributed by atoms with Gasteiger partial charge in [-0.25, -0.2) is 0 Å². The Hall–Kier alpha value is -0.0500. The summed E-state index contributed by atoms with van der Waals surface area (Å²) >= 11 is 2.96. The summed E-state index contributed by atoms with van der Waals surface area (Å²) in [6, 6.07) is 0. The van der Waals surface area contributed by atoms with Gasteiger partial charge in [-0.2, -0.15) is 0 Å². The van der Waals surface area contributed by atoms with Crippen LogP contribution in [0.25, 0.3) is 0 Å². The van der Waals surface area contributed by atoms with Crippen LogP contribution in [0.4, 0.5) is 0 Å². The van der Waals surface area contributed by atoms with Gasteiger partial charge in [-0.1, -0.05) is 15.9 Å². The molecule has 47 valence electrons. The van der Waals surface area contributed by atoms with Crippen LogP contribution in [-0.2, 0) is 9.53 Å². The molecular formula is C5H8BrO2. The molecule has 0 aromatic rings. The highest BCUT2D eigenvalue weighted by Crippen LogP contribution is 1.98. The Morgan fingerprint density at radius 2 is 2.50 bits per heavy atom. The number of carbonyl (C=O) groups excluding carboxylic acids is 1. The molecule has 0 aromatic heterocycles. The normalized spacial score (nSPS) is 12.9. The van der Waals surface area contributed by atoms with Crippen LogP contribution < -0.4 is 0 Å². The van der Waals surface area contributed by atoms with Crippen molar-refractivity contribution in [1.82, 2.24) is 0 Å². The maximum absolute atomic E-state index is 10.4. The fourth-order valence-corrected chi connectivity index (χ4v) is 0.365. The van der Waals surface area contributed by atoms with Gasteiger partial charge in [0.2, 0.25) is 0 Å². The highest BCUT2D eigenvalue weighted by Gasteiger charge is 2.07. The third kappa shape index (κ3) is 3.02. The summed E-state index contributed by atoms with van der Waals surface area (Å²) in [7, 11) is 0. The summed E-state index contributed by atoms with van der Waals surface area (Å²) in [4.78, 5) is 9.98. The molecule has 1 unspecified atom stereocenters. The molecule has 2 nitrogen and oxygen atoms in total. The van der Waals surface area contributed by atoms with E-state index in [4.69, 9.17) is 0 Å². The quantitative estimate of drug-likeness (QED) is 0.470. The topological polar surface area (TPSA) is 26.3 Å². The molecule has 0 spiro atoms. The molecule has 0 aromatic carbocycles. The number of hydrogen-bond acceptors (Lipinski definition) is 2. The lowest BCUT2D eigenvalue weighted by atomic mass is 10.5. The third-order valence-corrected chi connectivity index (χ3v) is 0.916. The van der Waals surface area contributed by atoms with E-state index in [-0.39, 0.29) is 5.97 Å². The zero-order chi connectivity index (χ0) is 6.57. The Balaban J connectivity index is 3.33. The largest absolute Gasteiger partial charge is 0.465 e. The van der Waals surface area contributed by atoms with Gasteiger partial charge in [-0.05, 0) is 13.8 Å². The molecule has 0 aliphatic heterocycles. The van der Waals surface area contributed by atoms with Crippen LogP contribution in [0.15, 0.2) is 0 Å². The van der Waals surface area contributed by atoms with Crippen LogP contribution in [0.3, 0.4) is 0 Å². The number of alkyl halides is 1. The molecular weight excluding hydrogens is 172 g/mol. The van der Waals surface area contributed by atoms with Crippen molar-refractivity contribution in [1.29, 1.82) is 0 Å². The number of esters is 1. The van der Waals surface area contributed by atoms with Crippen LogP contribution >= 0.6 is 15.9 Å². The first kappa shape index (κ1) is 7.95. The molecule has 1 radical (unpaired) electrons. The first-order chi connectivity index (χ1) is 3.68. The van der Waals surface area contributed by atoms with Gasteiger partial charge in [0.05, 0.1) is 6.61 Å². The first-order valence-corrected chi connectivity index (χ1v) is 3.23. The van der Waals surface area contributed by atoms with Crippen molar-refractivity contribution in [2.24, 2.45) is 0 Å². The highest BCUT2D eigenvalue weighted by molar-refractivity contribution is 9.10. The minimum atomic E-state index is -0.428. The minimum absolute atomic E-state index is 0.312. The summed E-state index contributed by atoms with van der Waals surface area (Å²) in [6.45, 7) is 5.57. The summed E-state index contributed by atoms with van der Waals surface area (Å²) in [5, 5.41) is 0. The number of halogens is 1. The number of ether oxygens (including phenoxy) is 1. The molecule has 0 saturated carbocycles. The lowest BCUT2D eigenvalue weighted by Crippen LogP contribution is -2.13. The molecule has 0 rings (SSSR count). The molecule has 8 heavy (non-hydrogen) atoms. The van der Waals surface area contributed by atoms with Gasteiger partial charge in [-0.15, -0.1) is 0 Å². The average molecular weight is 180 g/mol. The SMILES string of the molecule is [CH2]C(Br)C(=O)OCC. The van der Waals surface area contributed by atoms with Crippen molar-refractivity contribution in [2.75, 3.05) is 6.61 Å². The lowest BCUT2D eigenvalue weighted by molar-refractivity contribution is -0.141. The van der Waals surface area contributed by atoms with E-state index in [9.17, 15) is 4.79 Å². The summed E-state index contributed by atoms with van der Waals surface area (Å²) < 4.78 is 4.55. The molecule has 0 saturated heterocycles. The van der Waals surface area contributed by atoms with E-state index in [2.05, 4.69) is 27.6 Å². The predicted molar refractivity (Wildman–Crippen MR) is 34.7 cm³/mol. The Morgan fingerprint density at radius 3 is 2.62 bits per heavy atom. The van der Waals surface area contributed by atoms with Crippen molar-refractivity contribution < 1.29 is 9.53 Å². The van der Waals surface area contributed by atoms with Crippen LogP contribution in [0.2, 0.25) is 0 Å². The van der Waals surface area contributed by atoms with E-state index in [0.717, 1.165) is 0 Å². The lowest BCUT2D eigenvalue weighted by Gasteiger charge is -2.00. The van der Waals surface area contributed by atoms with E-state index >= 15 is 0 Å². The second-order valence-electron chi connectivity index (χ2n) is 1.22. The molecule has 0 amide bonds.